The molecule has 0 bridgehead atoms. The number of hydrogen-bond acceptors (Lipinski definition) is 5. The summed E-state index contributed by atoms with van der Waals surface area (Å²) in [6.45, 7) is 3.63. The van der Waals surface area contributed by atoms with Gasteiger partial charge in [0.1, 0.15) is 0 Å². The van der Waals surface area contributed by atoms with E-state index in [0.717, 1.165) is 11.3 Å². The minimum Gasteiger partial charge on any atom is -0.326 e. The monoisotopic (exact) mass is 416 g/mol. The molecule has 0 unspecified atom stereocenters. The van der Waals surface area contributed by atoms with Crippen LogP contribution < -0.4 is 16.2 Å². The summed E-state index contributed by atoms with van der Waals surface area (Å²) in [6, 6.07) is 11.5. The molecule has 0 aliphatic rings. The molecule has 9 nitrogen and oxygen atoms in total. The van der Waals surface area contributed by atoms with Gasteiger partial charge < -0.3 is 10.6 Å². The number of aryl methyl sites for hydroxylation is 2. The van der Waals surface area contributed by atoms with E-state index < -0.39 is 0 Å². The Hall–Kier alpha value is -4.27. The van der Waals surface area contributed by atoms with Crippen LogP contribution in [-0.4, -0.2) is 31.4 Å². The second kappa shape index (κ2) is 8.23. The maximum absolute atomic E-state index is 12.7. The number of aromatic amines is 1. The Kier molecular flexibility index (Phi) is 5.31. The van der Waals surface area contributed by atoms with E-state index in [-0.39, 0.29) is 23.8 Å². The molecule has 0 spiro atoms. The van der Waals surface area contributed by atoms with Crippen LogP contribution in [0.3, 0.4) is 0 Å². The summed E-state index contributed by atoms with van der Waals surface area (Å²) in [5.41, 5.74) is 3.95. The van der Waals surface area contributed by atoms with Gasteiger partial charge in [-0.2, -0.15) is 0 Å². The van der Waals surface area contributed by atoms with Crippen molar-refractivity contribution in [2.45, 2.75) is 20.3 Å². The largest absolute Gasteiger partial charge is 0.326 e. The predicted molar refractivity (Wildman–Crippen MR) is 116 cm³/mol. The standard InChI is InChI=1S/C22H20N6O3/c1-13-18(14(2)28-19(24-13)12-21(30)27-28)11-20(29)25-17-5-3-4-15(10-17)22(31)26-16-6-8-23-9-7-16/h3-10,12H,11H2,1-2H3,(H,25,29)(H,27,30)(H,23,26,31). The van der Waals surface area contributed by atoms with Crippen molar-refractivity contribution in [3.05, 3.63) is 87.7 Å². The molecule has 0 saturated carbocycles. The van der Waals surface area contributed by atoms with Crippen molar-refractivity contribution >= 4 is 28.8 Å². The fourth-order valence-electron chi connectivity index (χ4n) is 3.35. The van der Waals surface area contributed by atoms with Crippen LogP contribution >= 0.6 is 0 Å². The topological polar surface area (TPSA) is 121 Å². The molecule has 3 heterocycles. The molecule has 3 N–H and O–H groups in total. The summed E-state index contributed by atoms with van der Waals surface area (Å²) in [5, 5.41) is 8.28. The molecule has 0 radical (unpaired) electrons. The average molecular weight is 416 g/mol. The number of carbonyl (C=O) groups is 2. The minimum absolute atomic E-state index is 0.0776. The molecule has 2 amide bonds. The molecule has 1 aromatic carbocycles. The molecule has 9 heteroatoms. The fraction of sp³-hybridized carbons (Fsp3) is 0.136. The number of carbonyl (C=O) groups excluding carboxylic acids is 2. The highest BCUT2D eigenvalue weighted by Crippen LogP contribution is 2.17. The van der Waals surface area contributed by atoms with Crippen LogP contribution in [0.1, 0.15) is 27.3 Å². The van der Waals surface area contributed by atoms with Gasteiger partial charge in [0.2, 0.25) is 5.91 Å². The Bertz CT molecular complexity index is 1340. The maximum Gasteiger partial charge on any atom is 0.266 e. The molecule has 156 valence electrons. The highest BCUT2D eigenvalue weighted by molar-refractivity contribution is 6.05. The van der Waals surface area contributed by atoms with Gasteiger partial charge in [0, 0.05) is 52.3 Å². The first-order chi connectivity index (χ1) is 14.9. The highest BCUT2D eigenvalue weighted by atomic mass is 16.2. The van der Waals surface area contributed by atoms with Gasteiger partial charge in [-0.1, -0.05) is 6.07 Å². The number of benzene rings is 1. The van der Waals surface area contributed by atoms with E-state index in [4.69, 9.17) is 0 Å². The zero-order valence-corrected chi connectivity index (χ0v) is 17.0. The summed E-state index contributed by atoms with van der Waals surface area (Å²) in [4.78, 5) is 45.0. The third-order valence-electron chi connectivity index (χ3n) is 4.89. The number of anilines is 2. The van der Waals surface area contributed by atoms with E-state index in [1.54, 1.807) is 60.2 Å². The zero-order valence-electron chi connectivity index (χ0n) is 17.0. The van der Waals surface area contributed by atoms with Gasteiger partial charge in [-0.05, 0) is 44.2 Å². The Morgan fingerprint density at radius 3 is 2.58 bits per heavy atom. The third kappa shape index (κ3) is 4.35. The van der Waals surface area contributed by atoms with E-state index in [2.05, 4.69) is 25.7 Å². The first-order valence-electron chi connectivity index (χ1n) is 9.60. The van der Waals surface area contributed by atoms with Gasteiger partial charge >= 0.3 is 0 Å². The summed E-state index contributed by atoms with van der Waals surface area (Å²) < 4.78 is 1.57. The Morgan fingerprint density at radius 1 is 1.03 bits per heavy atom. The zero-order chi connectivity index (χ0) is 22.0. The van der Waals surface area contributed by atoms with Crippen LogP contribution in [-0.2, 0) is 11.2 Å². The third-order valence-corrected chi connectivity index (χ3v) is 4.89. The van der Waals surface area contributed by atoms with Crippen molar-refractivity contribution in [2.24, 2.45) is 0 Å². The van der Waals surface area contributed by atoms with Crippen molar-refractivity contribution in [3.8, 4) is 0 Å². The number of fused-ring (bicyclic) bond motifs is 1. The number of nitrogens with one attached hydrogen (secondary N) is 3. The first-order valence-corrected chi connectivity index (χ1v) is 9.60. The van der Waals surface area contributed by atoms with E-state index in [0.29, 0.717) is 28.3 Å². The molecule has 0 fully saturated rings. The van der Waals surface area contributed by atoms with Gasteiger partial charge in [0.15, 0.2) is 5.65 Å². The molecule has 3 aromatic heterocycles. The number of pyridine rings is 1. The van der Waals surface area contributed by atoms with Crippen molar-refractivity contribution in [1.82, 2.24) is 19.6 Å². The smallest absolute Gasteiger partial charge is 0.266 e. The second-order valence-corrected chi connectivity index (χ2v) is 7.07. The van der Waals surface area contributed by atoms with Crippen molar-refractivity contribution in [2.75, 3.05) is 10.6 Å². The average Bonchev–Trinajstić information content (AvgIpc) is 3.12. The van der Waals surface area contributed by atoms with Crippen LogP contribution in [0.4, 0.5) is 11.4 Å². The quantitative estimate of drug-likeness (QED) is 0.461. The SMILES string of the molecule is Cc1nc2cc(=O)[nH]n2c(C)c1CC(=O)Nc1cccc(C(=O)Nc2ccncc2)c1. The molecule has 4 aromatic rings. The number of nitrogens with zero attached hydrogens (tertiary/aromatic N) is 3. The number of H-pyrrole nitrogens is 1. The Morgan fingerprint density at radius 2 is 1.81 bits per heavy atom. The van der Waals surface area contributed by atoms with E-state index in [9.17, 15) is 14.4 Å². The first kappa shape index (κ1) is 20.0. The predicted octanol–water partition coefficient (Wildman–Crippen LogP) is 2.47. The van der Waals surface area contributed by atoms with Gasteiger partial charge in [0.25, 0.3) is 11.5 Å². The van der Waals surface area contributed by atoms with Gasteiger partial charge in [-0.15, -0.1) is 0 Å². The number of rotatable bonds is 5. The minimum atomic E-state index is -0.291. The maximum atomic E-state index is 12.7. The van der Waals surface area contributed by atoms with Gasteiger partial charge in [0.05, 0.1) is 6.42 Å². The molecule has 31 heavy (non-hydrogen) atoms. The molecule has 0 aliphatic heterocycles. The van der Waals surface area contributed by atoms with Crippen molar-refractivity contribution < 1.29 is 9.59 Å². The summed E-state index contributed by atoms with van der Waals surface area (Å²) in [5.74, 6) is -0.547. The van der Waals surface area contributed by atoms with Gasteiger partial charge in [-0.25, -0.2) is 9.50 Å². The molecular formula is C22H20N6O3. The van der Waals surface area contributed by atoms with Crippen LogP contribution in [0.2, 0.25) is 0 Å². The molecule has 0 atom stereocenters. The molecule has 0 aliphatic carbocycles. The van der Waals surface area contributed by atoms with Crippen molar-refractivity contribution in [3.63, 3.8) is 0 Å². The molecule has 0 saturated heterocycles. The van der Waals surface area contributed by atoms with Crippen LogP contribution in [0.5, 0.6) is 0 Å². The Labute approximate surface area is 177 Å². The Balaban J connectivity index is 1.49. The summed E-state index contributed by atoms with van der Waals surface area (Å²) >= 11 is 0. The van der Waals surface area contributed by atoms with Crippen LogP contribution in [0.15, 0.2) is 59.7 Å². The molecule has 4 rings (SSSR count). The number of amides is 2. The summed E-state index contributed by atoms with van der Waals surface area (Å²) in [6.07, 6.45) is 3.26. The lowest BCUT2D eigenvalue weighted by Gasteiger charge is -2.12. The molecular weight excluding hydrogens is 396 g/mol. The normalized spacial score (nSPS) is 10.8. The van der Waals surface area contributed by atoms with Crippen molar-refractivity contribution in [1.29, 1.82) is 0 Å². The lowest BCUT2D eigenvalue weighted by atomic mass is 10.1. The number of hydrogen-bond donors (Lipinski definition) is 3. The van der Waals surface area contributed by atoms with E-state index >= 15 is 0 Å². The lowest BCUT2D eigenvalue weighted by Crippen LogP contribution is -2.18. The summed E-state index contributed by atoms with van der Waals surface area (Å²) in [7, 11) is 0. The van der Waals surface area contributed by atoms with E-state index in [1.165, 1.54) is 6.07 Å². The van der Waals surface area contributed by atoms with Crippen LogP contribution in [0.25, 0.3) is 5.65 Å². The fourth-order valence-corrected chi connectivity index (χ4v) is 3.35. The highest BCUT2D eigenvalue weighted by Gasteiger charge is 2.15. The van der Waals surface area contributed by atoms with E-state index in [1.807, 2.05) is 6.92 Å². The van der Waals surface area contributed by atoms with Crippen LogP contribution in [0, 0.1) is 13.8 Å². The lowest BCUT2D eigenvalue weighted by molar-refractivity contribution is -0.115. The number of aromatic nitrogens is 4. The second-order valence-electron chi connectivity index (χ2n) is 7.07. The van der Waals surface area contributed by atoms with Gasteiger partial charge in [-0.3, -0.25) is 24.5 Å².